The second-order valence-electron chi connectivity index (χ2n) is 8.39. The minimum atomic E-state index is -0.0956. The van der Waals surface area contributed by atoms with Crippen LogP contribution in [0.15, 0.2) is 90.8 Å². The molecule has 3 aromatic carbocycles. The van der Waals surface area contributed by atoms with Gasteiger partial charge in [-0.3, -0.25) is 4.90 Å². The molecular formula is C29H32FNO2. The Kier molecular flexibility index (Phi) is 8.68. The van der Waals surface area contributed by atoms with Gasteiger partial charge in [-0.15, -0.1) is 0 Å². The van der Waals surface area contributed by atoms with Gasteiger partial charge in [0, 0.05) is 26.1 Å². The van der Waals surface area contributed by atoms with Gasteiger partial charge in [-0.2, -0.15) is 0 Å². The molecule has 3 aromatic rings. The smallest absolute Gasteiger partial charge is 0.119 e. The maximum Gasteiger partial charge on any atom is 0.119 e. The van der Waals surface area contributed by atoms with E-state index in [1.165, 1.54) is 0 Å². The van der Waals surface area contributed by atoms with Crippen LogP contribution in [0.4, 0.5) is 4.39 Å². The van der Waals surface area contributed by atoms with Gasteiger partial charge >= 0.3 is 0 Å². The lowest BCUT2D eigenvalue weighted by molar-refractivity contribution is 0.0358. The first-order chi connectivity index (χ1) is 16.3. The van der Waals surface area contributed by atoms with Gasteiger partial charge in [0.25, 0.3) is 0 Å². The fraction of sp³-hybridized carbons (Fsp3) is 0.310. The van der Waals surface area contributed by atoms with Crippen molar-refractivity contribution in [1.82, 2.24) is 4.90 Å². The summed E-state index contributed by atoms with van der Waals surface area (Å²) in [5, 5.41) is 0. The maximum atomic E-state index is 14.3. The first kappa shape index (κ1) is 23.2. The van der Waals surface area contributed by atoms with E-state index in [1.807, 2.05) is 54.6 Å². The number of rotatable bonds is 10. The predicted octanol–water partition coefficient (Wildman–Crippen LogP) is 6.09. The zero-order valence-corrected chi connectivity index (χ0v) is 19.1. The Morgan fingerprint density at radius 2 is 1.52 bits per heavy atom. The highest BCUT2D eigenvalue weighted by molar-refractivity contribution is 5.64. The molecule has 0 aliphatic carbocycles. The Labute approximate surface area is 196 Å². The van der Waals surface area contributed by atoms with E-state index < -0.39 is 0 Å². The Morgan fingerprint density at radius 1 is 0.848 bits per heavy atom. The minimum absolute atomic E-state index is 0.0956. The average Bonchev–Trinajstić information content (AvgIpc) is 2.88. The normalized spacial score (nSPS) is 14.9. The molecule has 0 saturated carbocycles. The lowest BCUT2D eigenvalue weighted by Gasteiger charge is -2.26. The average molecular weight is 446 g/mol. The van der Waals surface area contributed by atoms with Crippen LogP contribution in [-0.4, -0.2) is 44.4 Å². The van der Waals surface area contributed by atoms with Crippen molar-refractivity contribution in [3.8, 4) is 16.9 Å². The van der Waals surface area contributed by atoms with Crippen molar-refractivity contribution in [2.24, 2.45) is 0 Å². The van der Waals surface area contributed by atoms with E-state index in [1.54, 1.807) is 6.08 Å². The molecule has 0 radical (unpaired) electrons. The summed E-state index contributed by atoms with van der Waals surface area (Å²) in [6.07, 6.45) is 3.62. The molecule has 4 heteroatoms. The van der Waals surface area contributed by atoms with Gasteiger partial charge in [0.15, 0.2) is 0 Å². The number of nitrogens with zero attached hydrogens (tertiary/aromatic N) is 1. The van der Waals surface area contributed by atoms with Gasteiger partial charge < -0.3 is 9.47 Å². The van der Waals surface area contributed by atoms with Gasteiger partial charge in [0.2, 0.25) is 0 Å². The van der Waals surface area contributed by atoms with Crippen LogP contribution in [0.5, 0.6) is 5.75 Å². The highest BCUT2D eigenvalue weighted by Gasteiger charge is 2.09. The summed E-state index contributed by atoms with van der Waals surface area (Å²) < 4.78 is 25.6. The van der Waals surface area contributed by atoms with Crippen LogP contribution < -0.4 is 4.74 Å². The molecule has 1 fully saturated rings. The summed E-state index contributed by atoms with van der Waals surface area (Å²) in [6.45, 7) is 5.48. The van der Waals surface area contributed by atoms with Crippen LogP contribution >= 0.6 is 0 Å². The van der Waals surface area contributed by atoms with Gasteiger partial charge in [0.1, 0.15) is 11.6 Å². The molecule has 3 nitrogen and oxygen atoms in total. The number of allylic oxidation sites excluding steroid dienone is 2. The van der Waals surface area contributed by atoms with E-state index in [2.05, 4.69) is 29.2 Å². The summed E-state index contributed by atoms with van der Waals surface area (Å²) >= 11 is 0. The van der Waals surface area contributed by atoms with Crippen molar-refractivity contribution in [1.29, 1.82) is 0 Å². The summed E-state index contributed by atoms with van der Waals surface area (Å²) in [7, 11) is 0. The fourth-order valence-corrected chi connectivity index (χ4v) is 3.97. The quantitative estimate of drug-likeness (QED) is 0.352. The van der Waals surface area contributed by atoms with E-state index in [0.29, 0.717) is 12.8 Å². The first-order valence-corrected chi connectivity index (χ1v) is 11.8. The maximum absolute atomic E-state index is 14.3. The second kappa shape index (κ2) is 12.3. The third kappa shape index (κ3) is 7.55. The van der Waals surface area contributed by atoms with Crippen LogP contribution in [0.25, 0.3) is 11.1 Å². The molecule has 4 rings (SSSR count). The molecule has 0 amide bonds. The Hall–Kier alpha value is -2.95. The molecule has 33 heavy (non-hydrogen) atoms. The minimum Gasteiger partial charge on any atom is -0.494 e. The fourth-order valence-electron chi connectivity index (χ4n) is 3.97. The molecule has 0 N–H and O–H groups in total. The Morgan fingerprint density at radius 3 is 2.21 bits per heavy atom. The molecule has 0 unspecified atom stereocenters. The van der Waals surface area contributed by atoms with E-state index in [0.717, 1.165) is 73.9 Å². The predicted molar refractivity (Wildman–Crippen MR) is 132 cm³/mol. The van der Waals surface area contributed by atoms with Gasteiger partial charge in [-0.05, 0) is 53.3 Å². The van der Waals surface area contributed by atoms with Crippen molar-refractivity contribution in [2.75, 3.05) is 39.5 Å². The number of hydrogen-bond acceptors (Lipinski definition) is 3. The second-order valence-corrected chi connectivity index (χ2v) is 8.39. The van der Waals surface area contributed by atoms with Crippen LogP contribution in [0.3, 0.4) is 0 Å². The SMILES string of the molecule is FC(=CCc1ccccc1)Cc1ccc(-c2ccc(OCCCN3CCOCC3)cc2)cc1. The zero-order chi connectivity index (χ0) is 22.7. The molecule has 0 spiro atoms. The van der Waals surface area contributed by atoms with Crippen molar-refractivity contribution in [3.05, 3.63) is 102 Å². The van der Waals surface area contributed by atoms with Gasteiger partial charge in [0.05, 0.1) is 19.8 Å². The third-order valence-corrected chi connectivity index (χ3v) is 5.91. The van der Waals surface area contributed by atoms with Crippen LogP contribution in [0, 0.1) is 0 Å². The van der Waals surface area contributed by atoms with Gasteiger partial charge in [-0.25, -0.2) is 4.39 Å². The van der Waals surface area contributed by atoms with E-state index >= 15 is 0 Å². The van der Waals surface area contributed by atoms with Gasteiger partial charge in [-0.1, -0.05) is 66.7 Å². The largest absolute Gasteiger partial charge is 0.494 e. The van der Waals surface area contributed by atoms with Crippen molar-refractivity contribution >= 4 is 0 Å². The van der Waals surface area contributed by atoms with E-state index in [4.69, 9.17) is 9.47 Å². The number of benzene rings is 3. The monoisotopic (exact) mass is 445 g/mol. The number of morpholine rings is 1. The van der Waals surface area contributed by atoms with E-state index in [-0.39, 0.29) is 5.83 Å². The first-order valence-electron chi connectivity index (χ1n) is 11.8. The molecule has 0 bridgehead atoms. The number of hydrogen-bond donors (Lipinski definition) is 0. The van der Waals surface area contributed by atoms with E-state index in [9.17, 15) is 4.39 Å². The number of ether oxygens (including phenoxy) is 2. The van der Waals surface area contributed by atoms with Crippen LogP contribution in [0.2, 0.25) is 0 Å². The summed E-state index contributed by atoms with van der Waals surface area (Å²) in [5.74, 6) is 0.796. The summed E-state index contributed by atoms with van der Waals surface area (Å²) in [5.41, 5.74) is 4.34. The molecule has 1 aliphatic rings. The topological polar surface area (TPSA) is 21.7 Å². The molecule has 1 heterocycles. The highest BCUT2D eigenvalue weighted by atomic mass is 19.1. The summed E-state index contributed by atoms with van der Waals surface area (Å²) in [4.78, 5) is 2.42. The molecule has 1 aliphatic heterocycles. The lowest BCUT2D eigenvalue weighted by Crippen LogP contribution is -2.37. The summed E-state index contributed by atoms with van der Waals surface area (Å²) in [6, 6.07) is 26.3. The third-order valence-electron chi connectivity index (χ3n) is 5.91. The Balaban J connectivity index is 1.23. The van der Waals surface area contributed by atoms with Crippen molar-refractivity contribution in [3.63, 3.8) is 0 Å². The Bertz CT molecular complexity index is 994. The molecule has 1 saturated heterocycles. The zero-order valence-electron chi connectivity index (χ0n) is 19.1. The molecular weight excluding hydrogens is 413 g/mol. The van der Waals surface area contributed by atoms with Crippen LogP contribution in [-0.2, 0) is 17.6 Å². The molecule has 172 valence electrons. The lowest BCUT2D eigenvalue weighted by atomic mass is 10.0. The van der Waals surface area contributed by atoms with Crippen LogP contribution in [0.1, 0.15) is 17.5 Å². The molecule has 0 aromatic heterocycles. The number of halogens is 1. The standard InChI is InChI=1S/C29H32FNO2/c30-28(14-9-24-5-2-1-3-6-24)23-25-7-10-26(11-8-25)27-12-15-29(16-13-27)33-20-4-17-31-18-21-32-22-19-31/h1-3,5-8,10-16H,4,9,17-23H2. The van der Waals surface area contributed by atoms with Crippen molar-refractivity contribution < 1.29 is 13.9 Å². The molecule has 0 atom stereocenters. The highest BCUT2D eigenvalue weighted by Crippen LogP contribution is 2.24. The van der Waals surface area contributed by atoms with Crippen molar-refractivity contribution in [2.45, 2.75) is 19.3 Å².